The van der Waals surface area contributed by atoms with Gasteiger partial charge < -0.3 is 0 Å². The summed E-state index contributed by atoms with van der Waals surface area (Å²) in [5.41, 5.74) is 1.90. The van der Waals surface area contributed by atoms with Crippen LogP contribution in [0.3, 0.4) is 0 Å². The van der Waals surface area contributed by atoms with Gasteiger partial charge in [-0.2, -0.15) is 0 Å². The highest BCUT2D eigenvalue weighted by Crippen LogP contribution is 2.67. The minimum Gasteiger partial charge on any atom is -0.298 e. The molecule has 0 aromatic rings. The number of Topliss-reactive ketones (excluding diaryl/α,β-unsaturated/α-hetero) is 1. The second kappa shape index (κ2) is 5.44. The Morgan fingerprint density at radius 3 is 2.72 bits per heavy atom. The third kappa shape index (κ3) is 2.05. The van der Waals surface area contributed by atoms with Crippen LogP contribution >= 0.6 is 0 Å². The zero-order valence-corrected chi connectivity index (χ0v) is 15.6. The Kier molecular flexibility index (Phi) is 3.66. The zero-order chi connectivity index (χ0) is 18.0. The van der Waals surface area contributed by atoms with Gasteiger partial charge in [0.05, 0.1) is 5.41 Å². The van der Waals surface area contributed by atoms with Gasteiger partial charge in [-0.05, 0) is 86.7 Å². The molecular weight excluding hydrogens is 308 g/mol. The quantitative estimate of drug-likeness (QED) is 0.661. The van der Waals surface area contributed by atoms with Crippen LogP contribution in [0.15, 0.2) is 23.3 Å². The molecule has 2 nitrogen and oxygen atoms in total. The van der Waals surface area contributed by atoms with Crippen molar-refractivity contribution in [2.45, 2.75) is 59.3 Å². The van der Waals surface area contributed by atoms with E-state index in [1.54, 1.807) is 6.92 Å². The first-order valence-corrected chi connectivity index (χ1v) is 9.76. The smallest absolute Gasteiger partial charge is 0.156 e. The van der Waals surface area contributed by atoms with Crippen molar-refractivity contribution in [1.29, 1.82) is 0 Å². The third-order valence-electron chi connectivity index (χ3n) is 8.26. The predicted octanol–water partition coefficient (Wildman–Crippen LogP) is 4.50. The number of fused-ring (bicyclic) bond motifs is 5. The standard InChI is InChI=1S/C23H28O2/c1-5-23(15(3)24)11-9-21-20-12-14(2)19-13-16(25)6-7-17(19)18(20)8-10-22(21,23)4/h1,12-13,17-18,20-21H,6-11H2,2-4H3/t17-,18-,20-,21+,22+,23-/m1/s1. The molecule has 0 aliphatic heterocycles. The molecule has 25 heavy (non-hydrogen) atoms. The van der Waals surface area contributed by atoms with Crippen LogP contribution in [0.4, 0.5) is 0 Å². The van der Waals surface area contributed by atoms with E-state index in [0.717, 1.165) is 32.1 Å². The lowest BCUT2D eigenvalue weighted by atomic mass is 9.49. The highest BCUT2D eigenvalue weighted by molar-refractivity contribution is 5.92. The fourth-order valence-electron chi connectivity index (χ4n) is 6.93. The Bertz CT molecular complexity index is 749. The molecule has 0 aromatic heterocycles. The second-order valence-electron chi connectivity index (χ2n) is 9.01. The van der Waals surface area contributed by atoms with E-state index < -0.39 is 5.41 Å². The molecule has 2 heteroatoms. The normalized spacial score (nSPS) is 45.4. The van der Waals surface area contributed by atoms with E-state index in [1.165, 1.54) is 11.1 Å². The van der Waals surface area contributed by atoms with Crippen molar-refractivity contribution in [2.24, 2.45) is 34.5 Å². The van der Waals surface area contributed by atoms with E-state index in [-0.39, 0.29) is 17.0 Å². The number of carbonyl (C=O) groups is 2. The first-order chi connectivity index (χ1) is 11.8. The number of hydrogen-bond donors (Lipinski definition) is 0. The number of carbonyl (C=O) groups excluding carboxylic acids is 2. The van der Waals surface area contributed by atoms with Crippen LogP contribution in [0.1, 0.15) is 59.3 Å². The minimum atomic E-state index is -0.580. The highest BCUT2D eigenvalue weighted by Gasteiger charge is 2.63. The molecule has 4 aliphatic rings. The van der Waals surface area contributed by atoms with Gasteiger partial charge in [-0.25, -0.2) is 0 Å². The monoisotopic (exact) mass is 336 g/mol. The van der Waals surface area contributed by atoms with Gasteiger partial charge in [-0.3, -0.25) is 9.59 Å². The van der Waals surface area contributed by atoms with Gasteiger partial charge in [0, 0.05) is 6.42 Å². The van der Waals surface area contributed by atoms with Gasteiger partial charge in [0.25, 0.3) is 0 Å². The lowest BCUT2D eigenvalue weighted by molar-refractivity contribution is -0.131. The summed E-state index contributed by atoms with van der Waals surface area (Å²) in [5, 5.41) is 0. The van der Waals surface area contributed by atoms with Crippen molar-refractivity contribution in [3.8, 4) is 12.3 Å². The van der Waals surface area contributed by atoms with Crippen molar-refractivity contribution < 1.29 is 9.59 Å². The lowest BCUT2D eigenvalue weighted by Crippen LogP contribution is -2.50. The number of rotatable bonds is 1. The molecule has 4 rings (SSSR count). The topological polar surface area (TPSA) is 34.1 Å². The van der Waals surface area contributed by atoms with E-state index in [0.29, 0.717) is 30.1 Å². The first-order valence-electron chi connectivity index (χ1n) is 9.76. The molecule has 0 spiro atoms. The SMILES string of the molecule is C#C[C@]1(C(C)=O)CC[C@H]2[C@@H]3C=C(C)C4=CC(=O)CC[C@@H]4[C@H]3CC[C@@]21C. The molecule has 4 aliphatic carbocycles. The Hall–Kier alpha value is -1.62. The molecule has 0 aromatic carbocycles. The molecule has 6 atom stereocenters. The number of ketones is 2. The Morgan fingerprint density at radius 2 is 2.04 bits per heavy atom. The van der Waals surface area contributed by atoms with E-state index in [2.05, 4.69) is 25.8 Å². The average Bonchev–Trinajstić information content (AvgIpc) is 2.89. The Balaban J connectivity index is 1.77. The van der Waals surface area contributed by atoms with Crippen molar-refractivity contribution in [2.75, 3.05) is 0 Å². The number of hydrogen-bond acceptors (Lipinski definition) is 2. The van der Waals surface area contributed by atoms with Crippen LogP contribution in [0.25, 0.3) is 0 Å². The molecule has 0 bridgehead atoms. The maximum Gasteiger partial charge on any atom is 0.156 e. The van der Waals surface area contributed by atoms with Gasteiger partial charge in [-0.15, -0.1) is 6.42 Å². The summed E-state index contributed by atoms with van der Waals surface area (Å²) >= 11 is 0. The summed E-state index contributed by atoms with van der Waals surface area (Å²) in [4.78, 5) is 24.4. The minimum absolute atomic E-state index is 0.0861. The maximum atomic E-state index is 12.5. The molecule has 2 saturated carbocycles. The van der Waals surface area contributed by atoms with Crippen LogP contribution in [-0.4, -0.2) is 11.6 Å². The molecule has 0 amide bonds. The van der Waals surface area contributed by atoms with Crippen LogP contribution in [0.5, 0.6) is 0 Å². The molecule has 2 fully saturated rings. The Morgan fingerprint density at radius 1 is 1.28 bits per heavy atom. The summed E-state index contributed by atoms with van der Waals surface area (Å²) in [6.07, 6.45) is 16.0. The number of allylic oxidation sites excluding steroid dienone is 4. The van der Waals surface area contributed by atoms with E-state index in [9.17, 15) is 9.59 Å². The molecular formula is C23H28O2. The van der Waals surface area contributed by atoms with E-state index in [4.69, 9.17) is 6.42 Å². The van der Waals surface area contributed by atoms with Crippen LogP contribution < -0.4 is 0 Å². The zero-order valence-electron chi connectivity index (χ0n) is 15.6. The predicted molar refractivity (Wildman–Crippen MR) is 98.6 cm³/mol. The summed E-state index contributed by atoms with van der Waals surface area (Å²) in [6.45, 7) is 6.13. The van der Waals surface area contributed by atoms with Crippen molar-refractivity contribution in [3.63, 3.8) is 0 Å². The average molecular weight is 336 g/mol. The fraction of sp³-hybridized carbons (Fsp3) is 0.652. The van der Waals surface area contributed by atoms with Crippen LogP contribution in [-0.2, 0) is 9.59 Å². The highest BCUT2D eigenvalue weighted by atomic mass is 16.1. The summed E-state index contributed by atoms with van der Waals surface area (Å²) < 4.78 is 0. The van der Waals surface area contributed by atoms with Crippen molar-refractivity contribution >= 4 is 11.6 Å². The maximum absolute atomic E-state index is 12.5. The summed E-state index contributed by atoms with van der Waals surface area (Å²) in [6, 6.07) is 0. The summed E-state index contributed by atoms with van der Waals surface area (Å²) in [7, 11) is 0. The fourth-order valence-corrected chi connectivity index (χ4v) is 6.93. The van der Waals surface area contributed by atoms with Gasteiger partial charge in [0.1, 0.15) is 5.78 Å². The third-order valence-corrected chi connectivity index (χ3v) is 8.26. The molecule has 0 radical (unpaired) electrons. The molecule has 0 N–H and O–H groups in total. The van der Waals surface area contributed by atoms with Gasteiger partial charge in [-0.1, -0.05) is 24.5 Å². The van der Waals surface area contributed by atoms with Crippen molar-refractivity contribution in [1.82, 2.24) is 0 Å². The van der Waals surface area contributed by atoms with Crippen molar-refractivity contribution in [3.05, 3.63) is 23.3 Å². The lowest BCUT2D eigenvalue weighted by Gasteiger charge is -2.54. The molecule has 0 unspecified atom stereocenters. The van der Waals surface area contributed by atoms with E-state index >= 15 is 0 Å². The van der Waals surface area contributed by atoms with Crippen LogP contribution in [0, 0.1) is 46.8 Å². The van der Waals surface area contributed by atoms with Gasteiger partial charge in [0.15, 0.2) is 5.78 Å². The van der Waals surface area contributed by atoms with Crippen LogP contribution in [0.2, 0.25) is 0 Å². The second-order valence-corrected chi connectivity index (χ2v) is 9.01. The van der Waals surface area contributed by atoms with Gasteiger partial charge in [0.2, 0.25) is 0 Å². The van der Waals surface area contributed by atoms with Gasteiger partial charge >= 0.3 is 0 Å². The molecule has 0 saturated heterocycles. The molecule has 0 heterocycles. The number of terminal acetylenes is 1. The largest absolute Gasteiger partial charge is 0.298 e. The summed E-state index contributed by atoms with van der Waals surface area (Å²) in [5.74, 6) is 5.54. The Labute approximate surface area is 151 Å². The first kappa shape index (κ1) is 16.8. The molecule has 132 valence electrons. The van der Waals surface area contributed by atoms with E-state index in [1.807, 2.05) is 6.08 Å².